The fourth-order valence-electron chi connectivity index (χ4n) is 3.15. The molecule has 1 saturated carbocycles. The van der Waals surface area contributed by atoms with E-state index in [0.29, 0.717) is 22.3 Å². The van der Waals surface area contributed by atoms with Gasteiger partial charge in [-0.15, -0.1) is 0 Å². The summed E-state index contributed by atoms with van der Waals surface area (Å²) in [7, 11) is 0. The van der Waals surface area contributed by atoms with E-state index >= 15 is 0 Å². The van der Waals surface area contributed by atoms with Crippen molar-refractivity contribution in [1.29, 1.82) is 0 Å². The summed E-state index contributed by atoms with van der Waals surface area (Å²) in [6.07, 6.45) is 7.57. The molecule has 2 aromatic heterocycles. The number of nitrogens with one attached hydrogen (secondary N) is 2. The third kappa shape index (κ3) is 4.23. The molecule has 1 fully saturated rings. The highest BCUT2D eigenvalue weighted by Crippen LogP contribution is 2.30. The Bertz CT molecular complexity index is 812. The van der Waals surface area contributed by atoms with Crippen LogP contribution >= 0.6 is 11.6 Å². The fraction of sp³-hybridized carbons (Fsp3) is 0.389. The largest absolute Gasteiger partial charge is 0.365 e. The number of anilines is 3. The summed E-state index contributed by atoms with van der Waals surface area (Å²) in [5.41, 5.74) is 13.6. The maximum Gasteiger partial charge on any atom is 0.252 e. The van der Waals surface area contributed by atoms with Crippen LogP contribution < -0.4 is 22.1 Å². The summed E-state index contributed by atoms with van der Waals surface area (Å²) in [5.74, 6) is 0.215. The number of carbonyl (C=O) groups excluding carboxylic acids is 1. The van der Waals surface area contributed by atoms with Crippen LogP contribution in [0.1, 0.15) is 41.6 Å². The predicted octanol–water partition coefficient (Wildman–Crippen LogP) is 2.96. The number of hydrogen-bond donors (Lipinski definition) is 4. The van der Waals surface area contributed by atoms with Crippen molar-refractivity contribution < 1.29 is 4.79 Å². The van der Waals surface area contributed by atoms with Gasteiger partial charge in [-0.2, -0.15) is 0 Å². The molecule has 1 amide bonds. The Balaban J connectivity index is 1.92. The molecule has 26 heavy (non-hydrogen) atoms. The van der Waals surface area contributed by atoms with Crippen LogP contribution in [-0.2, 0) is 0 Å². The van der Waals surface area contributed by atoms with Gasteiger partial charge in [0, 0.05) is 18.3 Å². The second-order valence-corrected chi connectivity index (χ2v) is 7.06. The van der Waals surface area contributed by atoms with Gasteiger partial charge in [0.1, 0.15) is 11.6 Å². The van der Waals surface area contributed by atoms with Crippen LogP contribution in [0.2, 0.25) is 5.02 Å². The molecule has 3 rings (SSSR count). The zero-order chi connectivity index (χ0) is 18.7. The van der Waals surface area contributed by atoms with Crippen molar-refractivity contribution in [2.24, 2.45) is 11.5 Å². The Hall–Kier alpha value is -2.38. The lowest BCUT2D eigenvalue weighted by atomic mass is 9.91. The molecule has 0 bridgehead atoms. The smallest absolute Gasteiger partial charge is 0.252 e. The first-order valence-corrected chi connectivity index (χ1v) is 9.03. The number of aromatic nitrogens is 2. The molecule has 0 spiro atoms. The lowest BCUT2D eigenvalue weighted by Crippen LogP contribution is -2.42. The molecule has 2 aromatic rings. The first kappa shape index (κ1) is 18.4. The maximum atomic E-state index is 11.8. The van der Waals surface area contributed by atoms with Crippen molar-refractivity contribution in [3.8, 4) is 0 Å². The molecule has 6 N–H and O–H groups in total. The molecule has 0 aliphatic heterocycles. The fourth-order valence-corrected chi connectivity index (χ4v) is 3.35. The minimum atomic E-state index is -0.608. The first-order valence-electron chi connectivity index (χ1n) is 8.65. The van der Waals surface area contributed by atoms with Gasteiger partial charge in [0.05, 0.1) is 22.5 Å². The number of primary amides is 1. The SMILES string of the molecule is Cc1cncc(Nc2nc(NC3CCCCC3N)c(Cl)cc2C(N)=O)c1. The Morgan fingerprint density at radius 3 is 2.69 bits per heavy atom. The van der Waals surface area contributed by atoms with Crippen LogP contribution in [0.4, 0.5) is 17.3 Å². The summed E-state index contributed by atoms with van der Waals surface area (Å²) in [5, 5.41) is 6.77. The number of nitrogens with zero attached hydrogens (tertiary/aromatic N) is 2. The van der Waals surface area contributed by atoms with Gasteiger partial charge in [0.2, 0.25) is 0 Å². The van der Waals surface area contributed by atoms with E-state index in [1.807, 2.05) is 13.0 Å². The van der Waals surface area contributed by atoms with Crippen molar-refractivity contribution >= 4 is 34.8 Å². The Morgan fingerprint density at radius 1 is 1.23 bits per heavy atom. The molecule has 1 aliphatic carbocycles. The van der Waals surface area contributed by atoms with E-state index in [4.69, 9.17) is 23.1 Å². The van der Waals surface area contributed by atoms with Gasteiger partial charge in [0.25, 0.3) is 5.91 Å². The number of nitrogens with two attached hydrogens (primary N) is 2. The van der Waals surface area contributed by atoms with Crippen LogP contribution in [0, 0.1) is 6.92 Å². The van der Waals surface area contributed by atoms with Gasteiger partial charge < -0.3 is 22.1 Å². The van der Waals surface area contributed by atoms with Crippen molar-refractivity contribution in [2.45, 2.75) is 44.7 Å². The highest BCUT2D eigenvalue weighted by Gasteiger charge is 2.24. The van der Waals surface area contributed by atoms with E-state index in [9.17, 15) is 4.79 Å². The van der Waals surface area contributed by atoms with Crippen LogP contribution in [0.25, 0.3) is 0 Å². The number of hydrogen-bond acceptors (Lipinski definition) is 6. The molecule has 8 heteroatoms. The van der Waals surface area contributed by atoms with E-state index in [0.717, 1.165) is 31.2 Å². The van der Waals surface area contributed by atoms with Crippen LogP contribution in [0.15, 0.2) is 24.5 Å². The van der Waals surface area contributed by atoms with Crippen molar-refractivity contribution in [3.05, 3.63) is 40.7 Å². The summed E-state index contributed by atoms with van der Waals surface area (Å²) in [6, 6.07) is 3.58. The number of rotatable bonds is 5. The average molecular weight is 375 g/mol. The minimum Gasteiger partial charge on any atom is -0.365 e. The second-order valence-electron chi connectivity index (χ2n) is 6.65. The van der Waals surface area contributed by atoms with E-state index in [1.165, 1.54) is 6.07 Å². The quantitative estimate of drug-likeness (QED) is 0.638. The minimum absolute atomic E-state index is 0.0508. The summed E-state index contributed by atoms with van der Waals surface area (Å²) in [6.45, 7) is 1.93. The Kier molecular flexibility index (Phi) is 5.58. The van der Waals surface area contributed by atoms with Crippen molar-refractivity contribution in [3.63, 3.8) is 0 Å². The van der Waals surface area contributed by atoms with E-state index in [-0.39, 0.29) is 17.6 Å². The Morgan fingerprint density at radius 2 is 2.00 bits per heavy atom. The van der Waals surface area contributed by atoms with Gasteiger partial charge in [-0.05, 0) is 37.5 Å². The normalized spacial score (nSPS) is 19.8. The summed E-state index contributed by atoms with van der Waals surface area (Å²) < 4.78 is 0. The van der Waals surface area contributed by atoms with Gasteiger partial charge >= 0.3 is 0 Å². The number of carbonyl (C=O) groups is 1. The lowest BCUT2D eigenvalue weighted by molar-refractivity contribution is 0.100. The van der Waals surface area contributed by atoms with Crippen LogP contribution in [0.5, 0.6) is 0 Å². The average Bonchev–Trinajstić information content (AvgIpc) is 2.59. The Labute approximate surface area is 157 Å². The molecule has 7 nitrogen and oxygen atoms in total. The van der Waals surface area contributed by atoms with Gasteiger partial charge in [-0.1, -0.05) is 24.4 Å². The van der Waals surface area contributed by atoms with Crippen molar-refractivity contribution in [1.82, 2.24) is 9.97 Å². The summed E-state index contributed by atoms with van der Waals surface area (Å²) in [4.78, 5) is 20.5. The molecule has 2 unspecified atom stereocenters. The monoisotopic (exact) mass is 374 g/mol. The molecule has 2 atom stereocenters. The summed E-state index contributed by atoms with van der Waals surface area (Å²) >= 11 is 6.33. The molecule has 138 valence electrons. The highest BCUT2D eigenvalue weighted by molar-refractivity contribution is 6.33. The molecular formula is C18H23ClN6O. The van der Waals surface area contributed by atoms with Crippen LogP contribution in [-0.4, -0.2) is 28.0 Å². The molecule has 2 heterocycles. The molecule has 0 aromatic carbocycles. The third-order valence-electron chi connectivity index (χ3n) is 4.52. The van der Waals surface area contributed by atoms with Gasteiger partial charge in [0.15, 0.2) is 0 Å². The van der Waals surface area contributed by atoms with Gasteiger partial charge in [-0.3, -0.25) is 9.78 Å². The highest BCUT2D eigenvalue weighted by atomic mass is 35.5. The van der Waals surface area contributed by atoms with Gasteiger partial charge in [-0.25, -0.2) is 4.98 Å². The molecule has 0 saturated heterocycles. The number of amides is 1. The molecular weight excluding hydrogens is 352 g/mol. The predicted molar refractivity (Wildman–Crippen MR) is 104 cm³/mol. The topological polar surface area (TPSA) is 119 Å². The number of pyridine rings is 2. The second kappa shape index (κ2) is 7.88. The standard InChI is InChI=1S/C18H23ClN6O/c1-10-6-11(9-22-8-10)23-17-12(16(21)26)7-13(19)18(25-17)24-15-5-3-2-4-14(15)20/h6-9,14-15H,2-5,20H2,1H3,(H2,21,26)(H2,23,24,25). The zero-order valence-electron chi connectivity index (χ0n) is 14.6. The molecule has 0 radical (unpaired) electrons. The number of halogens is 1. The zero-order valence-corrected chi connectivity index (χ0v) is 15.4. The van der Waals surface area contributed by atoms with Crippen molar-refractivity contribution in [2.75, 3.05) is 10.6 Å². The number of aryl methyl sites for hydroxylation is 1. The molecule has 1 aliphatic rings. The third-order valence-corrected chi connectivity index (χ3v) is 4.81. The van der Waals surface area contributed by atoms with E-state index < -0.39 is 5.91 Å². The first-order chi connectivity index (χ1) is 12.4. The lowest BCUT2D eigenvalue weighted by Gasteiger charge is -2.30. The maximum absolute atomic E-state index is 11.8. The van der Waals surface area contributed by atoms with Crippen LogP contribution in [0.3, 0.4) is 0 Å². The van der Waals surface area contributed by atoms with E-state index in [2.05, 4.69) is 20.6 Å². The van der Waals surface area contributed by atoms with E-state index in [1.54, 1.807) is 12.4 Å².